The lowest BCUT2D eigenvalue weighted by Gasteiger charge is -2.06. The molecule has 130 valence electrons. The summed E-state index contributed by atoms with van der Waals surface area (Å²) in [6.45, 7) is 4.49. The number of aromatic nitrogens is 4. The molecule has 4 aromatic rings. The van der Waals surface area contributed by atoms with Crippen molar-refractivity contribution in [1.29, 1.82) is 0 Å². The van der Waals surface area contributed by atoms with Gasteiger partial charge in [-0.3, -0.25) is 4.79 Å². The number of benzene rings is 2. The predicted octanol–water partition coefficient (Wildman–Crippen LogP) is 4.40. The Hall–Kier alpha value is -2.57. The van der Waals surface area contributed by atoms with E-state index in [4.69, 9.17) is 11.6 Å². The van der Waals surface area contributed by atoms with Crippen LogP contribution in [0.1, 0.15) is 5.82 Å². The van der Waals surface area contributed by atoms with E-state index in [9.17, 15) is 4.79 Å². The van der Waals surface area contributed by atoms with Crippen molar-refractivity contribution in [2.75, 3.05) is 0 Å². The lowest BCUT2D eigenvalue weighted by atomic mass is 10.2. The minimum Gasteiger partial charge on any atom is -0.315 e. The van der Waals surface area contributed by atoms with Crippen LogP contribution in [0.5, 0.6) is 0 Å². The highest BCUT2D eigenvalue weighted by Gasteiger charge is 2.11. The number of hydrogen-bond donors (Lipinski definition) is 1. The van der Waals surface area contributed by atoms with Crippen LogP contribution in [-0.4, -0.2) is 19.5 Å². The van der Waals surface area contributed by atoms with Crippen LogP contribution in [0.25, 0.3) is 21.9 Å². The molecule has 2 aromatic carbocycles. The van der Waals surface area contributed by atoms with Gasteiger partial charge >= 0.3 is 0 Å². The van der Waals surface area contributed by atoms with Crippen LogP contribution >= 0.6 is 23.4 Å². The fourth-order valence-electron chi connectivity index (χ4n) is 2.83. The van der Waals surface area contributed by atoms with Gasteiger partial charge in [-0.2, -0.15) is 0 Å². The Bertz CT molecular complexity index is 1180. The highest BCUT2D eigenvalue weighted by atomic mass is 35.5. The number of imidazole rings is 1. The minimum absolute atomic E-state index is 0.165. The molecule has 0 spiro atoms. The van der Waals surface area contributed by atoms with Gasteiger partial charge in [-0.1, -0.05) is 41.6 Å². The summed E-state index contributed by atoms with van der Waals surface area (Å²) in [6.07, 6.45) is 1.84. The van der Waals surface area contributed by atoms with E-state index in [1.807, 2.05) is 30.3 Å². The quantitative estimate of drug-likeness (QED) is 0.410. The number of fused-ring (bicyclic) bond motifs is 2. The molecule has 0 radical (unpaired) electrons. The Morgan fingerprint density at radius 1 is 1.19 bits per heavy atom. The molecule has 26 heavy (non-hydrogen) atoms. The van der Waals surface area contributed by atoms with E-state index < -0.39 is 0 Å². The second kappa shape index (κ2) is 6.97. The first-order valence-electron chi connectivity index (χ1n) is 8.03. The maximum Gasteiger partial charge on any atom is 0.258 e. The van der Waals surface area contributed by atoms with E-state index in [0.717, 1.165) is 16.2 Å². The fraction of sp³-hybridized carbons (Fsp3) is 0.105. The molecule has 0 aliphatic heterocycles. The molecular formula is C19H15ClN4OS. The average molecular weight is 383 g/mol. The molecular weight excluding hydrogens is 368 g/mol. The number of halogens is 1. The molecule has 0 aliphatic carbocycles. The van der Waals surface area contributed by atoms with Gasteiger partial charge in [0.05, 0.1) is 27.7 Å². The molecule has 0 bridgehead atoms. The number of nitrogens with one attached hydrogen (secondary N) is 1. The monoisotopic (exact) mass is 382 g/mol. The predicted molar refractivity (Wildman–Crippen MR) is 107 cm³/mol. The van der Waals surface area contributed by atoms with Crippen LogP contribution in [-0.2, 0) is 12.3 Å². The van der Waals surface area contributed by atoms with Crippen LogP contribution in [0.3, 0.4) is 0 Å². The van der Waals surface area contributed by atoms with Crippen molar-refractivity contribution in [2.45, 2.75) is 17.5 Å². The Labute approximate surface area is 158 Å². The summed E-state index contributed by atoms with van der Waals surface area (Å²) in [4.78, 5) is 24.3. The largest absolute Gasteiger partial charge is 0.315 e. The number of aromatic amines is 1. The van der Waals surface area contributed by atoms with Gasteiger partial charge < -0.3 is 9.55 Å². The average Bonchev–Trinajstić information content (AvgIpc) is 2.98. The van der Waals surface area contributed by atoms with Crippen molar-refractivity contribution in [3.8, 4) is 0 Å². The summed E-state index contributed by atoms with van der Waals surface area (Å²) in [5, 5.41) is 1.95. The maximum absolute atomic E-state index is 12.3. The van der Waals surface area contributed by atoms with Crippen LogP contribution in [0, 0.1) is 0 Å². The smallest absolute Gasteiger partial charge is 0.258 e. The first-order valence-corrected chi connectivity index (χ1v) is 9.39. The zero-order valence-corrected chi connectivity index (χ0v) is 15.3. The molecule has 0 fully saturated rings. The lowest BCUT2D eigenvalue weighted by molar-refractivity contribution is 0.748. The summed E-state index contributed by atoms with van der Waals surface area (Å²) in [5.74, 6) is 1.09. The summed E-state index contributed by atoms with van der Waals surface area (Å²) < 4.78 is 2.10. The molecule has 2 heterocycles. The lowest BCUT2D eigenvalue weighted by Crippen LogP contribution is -2.11. The summed E-state index contributed by atoms with van der Waals surface area (Å²) >= 11 is 7.54. The van der Waals surface area contributed by atoms with Gasteiger partial charge in [0.1, 0.15) is 5.82 Å². The van der Waals surface area contributed by atoms with Crippen molar-refractivity contribution < 1.29 is 0 Å². The zero-order valence-electron chi connectivity index (χ0n) is 13.8. The Kier molecular flexibility index (Phi) is 4.53. The van der Waals surface area contributed by atoms with Crippen LogP contribution < -0.4 is 5.56 Å². The minimum atomic E-state index is -0.165. The Morgan fingerprint density at radius 2 is 2.04 bits per heavy atom. The standard InChI is InChI=1S/C19H15ClN4OS/c1-2-9-24-16-6-4-3-5-14(16)22-19(24)26-11-17-21-15-10-12(20)7-8-13(15)18(25)23-17/h2-8,10H,1,9,11H2,(H,21,23,25). The first-order chi connectivity index (χ1) is 12.7. The van der Waals surface area contributed by atoms with Crippen molar-refractivity contribution in [1.82, 2.24) is 19.5 Å². The van der Waals surface area contributed by atoms with E-state index in [0.29, 0.717) is 34.0 Å². The van der Waals surface area contributed by atoms with Gasteiger partial charge in [0, 0.05) is 11.6 Å². The highest BCUT2D eigenvalue weighted by Crippen LogP contribution is 2.26. The molecule has 0 aliphatic rings. The van der Waals surface area contributed by atoms with E-state index in [2.05, 4.69) is 26.1 Å². The Morgan fingerprint density at radius 3 is 2.88 bits per heavy atom. The molecule has 4 rings (SSSR count). The van der Waals surface area contributed by atoms with Crippen LogP contribution in [0.4, 0.5) is 0 Å². The van der Waals surface area contributed by atoms with Crippen molar-refractivity contribution >= 4 is 45.3 Å². The normalized spacial score (nSPS) is 11.3. The molecule has 0 saturated carbocycles. The van der Waals surface area contributed by atoms with Gasteiger partial charge in [-0.25, -0.2) is 9.97 Å². The van der Waals surface area contributed by atoms with E-state index >= 15 is 0 Å². The topological polar surface area (TPSA) is 63.6 Å². The third-order valence-corrected chi connectivity index (χ3v) is 5.21. The summed E-state index contributed by atoms with van der Waals surface area (Å²) in [7, 11) is 0. The molecule has 7 heteroatoms. The van der Waals surface area contributed by atoms with Gasteiger partial charge in [-0.15, -0.1) is 6.58 Å². The van der Waals surface area contributed by atoms with Gasteiger partial charge in [-0.05, 0) is 30.3 Å². The van der Waals surface area contributed by atoms with Crippen molar-refractivity contribution in [3.63, 3.8) is 0 Å². The highest BCUT2D eigenvalue weighted by molar-refractivity contribution is 7.98. The Balaban J connectivity index is 1.68. The number of rotatable bonds is 5. The number of thioether (sulfide) groups is 1. The van der Waals surface area contributed by atoms with Crippen molar-refractivity contribution in [2.24, 2.45) is 0 Å². The second-order valence-electron chi connectivity index (χ2n) is 5.75. The maximum atomic E-state index is 12.3. The van der Waals surface area contributed by atoms with E-state index in [1.54, 1.807) is 18.2 Å². The van der Waals surface area contributed by atoms with E-state index in [-0.39, 0.29) is 5.56 Å². The summed E-state index contributed by atoms with van der Waals surface area (Å²) in [6, 6.07) is 13.0. The third kappa shape index (κ3) is 3.13. The van der Waals surface area contributed by atoms with Crippen molar-refractivity contribution in [3.05, 3.63) is 76.3 Å². The zero-order chi connectivity index (χ0) is 18.1. The number of para-hydroxylation sites is 2. The molecule has 0 saturated heterocycles. The number of hydrogen-bond acceptors (Lipinski definition) is 4. The second-order valence-corrected chi connectivity index (χ2v) is 7.12. The summed E-state index contributed by atoms with van der Waals surface area (Å²) in [5.41, 5.74) is 2.42. The third-order valence-electron chi connectivity index (χ3n) is 3.99. The van der Waals surface area contributed by atoms with Gasteiger partial charge in [0.15, 0.2) is 5.16 Å². The fourth-order valence-corrected chi connectivity index (χ4v) is 3.89. The molecule has 0 amide bonds. The molecule has 0 unspecified atom stereocenters. The SMILES string of the molecule is C=CCn1c(SCc2nc3cc(Cl)ccc3c(=O)[nH]2)nc2ccccc21. The molecule has 1 N–H and O–H groups in total. The molecule has 5 nitrogen and oxygen atoms in total. The van der Waals surface area contributed by atoms with E-state index in [1.165, 1.54) is 11.8 Å². The van der Waals surface area contributed by atoms with Gasteiger partial charge in [0.25, 0.3) is 5.56 Å². The molecule has 2 aromatic heterocycles. The molecule has 0 atom stereocenters. The number of H-pyrrole nitrogens is 1. The number of nitrogens with zero attached hydrogens (tertiary/aromatic N) is 3. The first kappa shape index (κ1) is 16.9. The van der Waals surface area contributed by atoms with Gasteiger partial charge in [0.2, 0.25) is 0 Å². The van der Waals surface area contributed by atoms with Crippen LogP contribution in [0.15, 0.2) is 65.1 Å². The number of allylic oxidation sites excluding steroid dienone is 1. The van der Waals surface area contributed by atoms with Crippen LogP contribution in [0.2, 0.25) is 5.02 Å².